The van der Waals surface area contributed by atoms with Crippen LogP contribution >= 0.6 is 0 Å². The van der Waals surface area contributed by atoms with Gasteiger partial charge in [0.1, 0.15) is 34.8 Å². The Balaban J connectivity index is 2.73. The summed E-state index contributed by atoms with van der Waals surface area (Å²) in [6, 6.07) is 9.21. The van der Waals surface area contributed by atoms with Crippen LogP contribution < -0.4 is 16.0 Å². The number of ether oxygens (including phenoxy) is 1. The molecule has 1 aromatic heterocycles. The number of pyridine rings is 1. The molecule has 7 nitrogen and oxygen atoms in total. The average Bonchev–Trinajstić information content (AvgIpc) is 2.65. The van der Waals surface area contributed by atoms with E-state index in [1.807, 2.05) is 18.2 Å². The zero-order valence-electron chi connectivity index (χ0n) is 15.1. The molecule has 0 aliphatic carbocycles. The second-order valence-electron chi connectivity index (χ2n) is 5.70. The Labute approximate surface area is 152 Å². The number of hydrogen-bond donors (Lipinski definition) is 2. The van der Waals surface area contributed by atoms with E-state index in [9.17, 15) is 15.3 Å². The third kappa shape index (κ3) is 3.53. The average molecular weight is 351 g/mol. The van der Waals surface area contributed by atoms with Crippen LogP contribution in [0.5, 0.6) is 5.75 Å². The van der Waals surface area contributed by atoms with Crippen LogP contribution in [0.25, 0.3) is 11.1 Å². The minimum atomic E-state index is -0.611. The van der Waals surface area contributed by atoms with Crippen molar-refractivity contribution in [1.29, 1.82) is 10.5 Å². The highest BCUT2D eigenvalue weighted by Crippen LogP contribution is 2.32. The summed E-state index contributed by atoms with van der Waals surface area (Å²) in [5, 5.41) is 18.9. The van der Waals surface area contributed by atoms with Crippen molar-refractivity contribution in [2.24, 2.45) is 0 Å². The van der Waals surface area contributed by atoms with Crippen LogP contribution in [-0.4, -0.2) is 30.1 Å². The van der Waals surface area contributed by atoms with Gasteiger partial charge in [0.15, 0.2) is 0 Å². The van der Waals surface area contributed by atoms with Crippen molar-refractivity contribution in [2.45, 2.75) is 20.4 Å². The summed E-state index contributed by atoms with van der Waals surface area (Å²) in [6.07, 6.45) is 0. The number of methoxy groups -OCH3 is 1. The fraction of sp³-hybridized carbons (Fsp3) is 0.316. The molecule has 0 saturated heterocycles. The van der Waals surface area contributed by atoms with Crippen LogP contribution in [0.3, 0.4) is 0 Å². The van der Waals surface area contributed by atoms with Gasteiger partial charge in [0, 0.05) is 17.7 Å². The Hall–Kier alpha value is -3.29. The lowest BCUT2D eigenvalue weighted by molar-refractivity contribution is 0.289. The van der Waals surface area contributed by atoms with Crippen LogP contribution in [0.1, 0.15) is 30.5 Å². The zero-order valence-corrected chi connectivity index (χ0v) is 15.1. The van der Waals surface area contributed by atoms with E-state index in [-0.39, 0.29) is 22.5 Å². The number of nitrogen functional groups attached to an aromatic ring is 1. The topological polar surface area (TPSA) is 119 Å². The molecule has 0 bridgehead atoms. The first kappa shape index (κ1) is 19.0. The summed E-state index contributed by atoms with van der Waals surface area (Å²) in [5.41, 5.74) is 6.87. The molecule has 1 aromatic carbocycles. The number of H-pyrrole nitrogens is 1. The van der Waals surface area contributed by atoms with Crippen molar-refractivity contribution in [1.82, 2.24) is 9.88 Å². The largest absolute Gasteiger partial charge is 0.496 e. The molecule has 0 saturated carbocycles. The molecule has 0 fully saturated rings. The van der Waals surface area contributed by atoms with Crippen LogP contribution in [0.2, 0.25) is 0 Å². The monoisotopic (exact) mass is 351 g/mol. The Bertz CT molecular complexity index is 946. The van der Waals surface area contributed by atoms with E-state index < -0.39 is 5.56 Å². The number of aromatic nitrogens is 1. The van der Waals surface area contributed by atoms with E-state index >= 15 is 0 Å². The molecule has 134 valence electrons. The predicted octanol–water partition coefficient (Wildman–Crippen LogP) is 2.22. The first-order valence-corrected chi connectivity index (χ1v) is 8.26. The van der Waals surface area contributed by atoms with Gasteiger partial charge in [-0.15, -0.1) is 0 Å². The predicted molar refractivity (Wildman–Crippen MR) is 99.5 cm³/mol. The van der Waals surface area contributed by atoms with E-state index in [0.717, 1.165) is 18.7 Å². The van der Waals surface area contributed by atoms with Crippen molar-refractivity contribution in [3.05, 3.63) is 45.2 Å². The molecule has 7 heteroatoms. The summed E-state index contributed by atoms with van der Waals surface area (Å²) in [6.45, 7) is 6.52. The molecule has 0 aliphatic rings. The number of rotatable bonds is 6. The van der Waals surface area contributed by atoms with Crippen LogP contribution in [0.4, 0.5) is 5.82 Å². The summed E-state index contributed by atoms with van der Waals surface area (Å²) in [7, 11) is 1.59. The lowest BCUT2D eigenvalue weighted by Crippen LogP contribution is -2.22. The fourth-order valence-electron chi connectivity index (χ4n) is 2.88. The highest BCUT2D eigenvalue weighted by atomic mass is 16.5. The molecule has 0 unspecified atom stereocenters. The quantitative estimate of drug-likeness (QED) is 0.823. The van der Waals surface area contributed by atoms with Gasteiger partial charge in [-0.05, 0) is 30.8 Å². The zero-order chi connectivity index (χ0) is 19.3. The molecule has 0 radical (unpaired) electrons. The molecular formula is C19H21N5O2. The first-order valence-electron chi connectivity index (χ1n) is 8.26. The van der Waals surface area contributed by atoms with E-state index in [2.05, 4.69) is 23.7 Å². The number of nitrogens with zero attached hydrogens (tertiary/aromatic N) is 3. The van der Waals surface area contributed by atoms with Gasteiger partial charge in [0.25, 0.3) is 5.56 Å². The van der Waals surface area contributed by atoms with Crippen molar-refractivity contribution in [3.8, 4) is 29.0 Å². The van der Waals surface area contributed by atoms with Gasteiger partial charge in [0.2, 0.25) is 0 Å². The lowest BCUT2D eigenvalue weighted by Gasteiger charge is -2.20. The maximum Gasteiger partial charge on any atom is 0.268 e. The second kappa shape index (κ2) is 8.19. The van der Waals surface area contributed by atoms with E-state index in [1.54, 1.807) is 19.2 Å². The maximum atomic E-state index is 12.1. The number of benzene rings is 1. The fourth-order valence-corrected chi connectivity index (χ4v) is 2.88. The molecule has 0 atom stereocenters. The van der Waals surface area contributed by atoms with E-state index in [1.165, 1.54) is 0 Å². The van der Waals surface area contributed by atoms with Gasteiger partial charge in [-0.2, -0.15) is 10.5 Å². The summed E-state index contributed by atoms with van der Waals surface area (Å²) >= 11 is 0. The molecule has 0 amide bonds. The van der Waals surface area contributed by atoms with Crippen molar-refractivity contribution in [2.75, 3.05) is 25.9 Å². The van der Waals surface area contributed by atoms with E-state index in [4.69, 9.17) is 10.5 Å². The summed E-state index contributed by atoms with van der Waals surface area (Å²) in [5.74, 6) is 0.656. The highest BCUT2D eigenvalue weighted by molar-refractivity contribution is 5.80. The maximum absolute atomic E-state index is 12.1. The highest BCUT2D eigenvalue weighted by Gasteiger charge is 2.19. The van der Waals surface area contributed by atoms with Crippen LogP contribution in [0, 0.1) is 22.7 Å². The standard InChI is InChI=1S/C19H21N5O2/c1-4-24(5-2)11-13-8-12(6-7-16(13)26-3)17-14(9-20)18(22)23-19(25)15(17)10-21/h6-8H,4-5,11H2,1-3H3,(H3,22,23,25). The van der Waals surface area contributed by atoms with Crippen LogP contribution in [-0.2, 0) is 6.54 Å². The van der Waals surface area contributed by atoms with Crippen LogP contribution in [0.15, 0.2) is 23.0 Å². The Morgan fingerprint density at radius 2 is 1.85 bits per heavy atom. The molecule has 0 spiro atoms. The molecule has 2 rings (SSSR count). The Morgan fingerprint density at radius 1 is 1.19 bits per heavy atom. The van der Waals surface area contributed by atoms with Gasteiger partial charge in [-0.3, -0.25) is 9.69 Å². The van der Waals surface area contributed by atoms with E-state index in [0.29, 0.717) is 17.9 Å². The number of hydrogen-bond acceptors (Lipinski definition) is 6. The summed E-state index contributed by atoms with van der Waals surface area (Å²) < 4.78 is 5.44. The van der Waals surface area contributed by atoms with Crippen molar-refractivity contribution in [3.63, 3.8) is 0 Å². The number of anilines is 1. The first-order chi connectivity index (χ1) is 12.5. The number of aromatic amines is 1. The van der Waals surface area contributed by atoms with Gasteiger partial charge in [0.05, 0.1) is 7.11 Å². The van der Waals surface area contributed by atoms with Gasteiger partial charge in [-0.1, -0.05) is 19.9 Å². The minimum Gasteiger partial charge on any atom is -0.496 e. The normalized spacial score (nSPS) is 10.4. The Morgan fingerprint density at radius 3 is 2.38 bits per heavy atom. The number of nitrogens with one attached hydrogen (secondary N) is 1. The minimum absolute atomic E-state index is 0.0485. The lowest BCUT2D eigenvalue weighted by atomic mass is 9.95. The second-order valence-corrected chi connectivity index (χ2v) is 5.70. The van der Waals surface area contributed by atoms with Gasteiger partial charge >= 0.3 is 0 Å². The Kier molecular flexibility index (Phi) is 6.00. The van der Waals surface area contributed by atoms with Gasteiger partial charge < -0.3 is 15.5 Å². The smallest absolute Gasteiger partial charge is 0.268 e. The molecule has 26 heavy (non-hydrogen) atoms. The van der Waals surface area contributed by atoms with Crippen molar-refractivity contribution >= 4 is 5.82 Å². The number of nitrogens with two attached hydrogens (primary N) is 1. The third-order valence-electron chi connectivity index (χ3n) is 4.33. The van der Waals surface area contributed by atoms with Gasteiger partial charge in [-0.25, -0.2) is 0 Å². The molecule has 2 aromatic rings. The third-order valence-corrected chi connectivity index (χ3v) is 4.33. The molecule has 0 aliphatic heterocycles. The molecule has 3 N–H and O–H groups in total. The SMILES string of the molecule is CCN(CC)Cc1cc(-c2c(C#N)c(N)[nH]c(=O)c2C#N)ccc1OC. The van der Waals surface area contributed by atoms with Crippen molar-refractivity contribution < 1.29 is 4.74 Å². The number of nitriles is 2. The molecule has 1 heterocycles. The molecular weight excluding hydrogens is 330 g/mol. The summed E-state index contributed by atoms with van der Waals surface area (Å²) in [4.78, 5) is 16.7.